The van der Waals surface area contributed by atoms with Crippen LogP contribution in [-0.2, 0) is 6.42 Å². The maximum Gasteiger partial charge on any atom is 0.195 e. The molecule has 1 unspecified atom stereocenters. The molecule has 80 valence electrons. The molecule has 0 saturated heterocycles. The van der Waals surface area contributed by atoms with Gasteiger partial charge in [-0.05, 0) is 25.5 Å². The number of aromatic nitrogens is 1. The van der Waals surface area contributed by atoms with E-state index in [1.54, 1.807) is 6.07 Å². The first-order valence-corrected chi connectivity index (χ1v) is 4.95. The second-order valence-corrected chi connectivity index (χ2v) is 3.74. The molecule has 0 bridgehead atoms. The smallest absolute Gasteiger partial charge is 0.195 e. The number of fused-ring (bicyclic) bond motifs is 1. The molecule has 0 aliphatic rings. The van der Waals surface area contributed by atoms with E-state index in [0.29, 0.717) is 23.4 Å². The van der Waals surface area contributed by atoms with Crippen LogP contribution in [0.5, 0.6) is 0 Å². The van der Waals surface area contributed by atoms with Gasteiger partial charge in [0.25, 0.3) is 0 Å². The van der Waals surface area contributed by atoms with Crippen molar-refractivity contribution in [2.75, 3.05) is 0 Å². The first-order chi connectivity index (χ1) is 7.15. The first-order valence-electron chi connectivity index (χ1n) is 4.95. The molecule has 2 aromatic rings. The SMILES string of the molecule is CC(N)CCc1nc2cc(F)ccc2o1. The molecule has 0 radical (unpaired) electrons. The number of benzene rings is 1. The number of hydrogen-bond donors (Lipinski definition) is 1. The minimum atomic E-state index is -0.297. The standard InChI is InChI=1S/C11H13FN2O/c1-7(13)2-5-11-14-9-6-8(12)3-4-10(9)15-11/h3-4,6-7H,2,5,13H2,1H3. The molecule has 2 rings (SSSR count). The van der Waals surface area contributed by atoms with E-state index in [2.05, 4.69) is 4.98 Å². The van der Waals surface area contributed by atoms with E-state index in [1.165, 1.54) is 12.1 Å². The van der Waals surface area contributed by atoms with Crippen LogP contribution in [0.4, 0.5) is 4.39 Å². The summed E-state index contributed by atoms with van der Waals surface area (Å²) in [5, 5.41) is 0. The van der Waals surface area contributed by atoms with Crippen LogP contribution in [0.25, 0.3) is 11.1 Å². The maximum atomic E-state index is 12.9. The third kappa shape index (κ3) is 2.33. The van der Waals surface area contributed by atoms with Gasteiger partial charge in [0.05, 0.1) is 0 Å². The summed E-state index contributed by atoms with van der Waals surface area (Å²) in [6, 6.07) is 4.45. The van der Waals surface area contributed by atoms with Gasteiger partial charge in [0, 0.05) is 18.5 Å². The van der Waals surface area contributed by atoms with Gasteiger partial charge < -0.3 is 10.2 Å². The Bertz CT molecular complexity index is 465. The summed E-state index contributed by atoms with van der Waals surface area (Å²) < 4.78 is 18.3. The molecule has 0 aliphatic heterocycles. The summed E-state index contributed by atoms with van der Waals surface area (Å²) >= 11 is 0. The fourth-order valence-corrected chi connectivity index (χ4v) is 1.41. The average molecular weight is 208 g/mol. The number of oxazole rings is 1. The fourth-order valence-electron chi connectivity index (χ4n) is 1.41. The predicted octanol–water partition coefficient (Wildman–Crippen LogP) is 2.25. The third-order valence-corrected chi connectivity index (χ3v) is 2.21. The van der Waals surface area contributed by atoms with Gasteiger partial charge in [-0.15, -0.1) is 0 Å². The van der Waals surface area contributed by atoms with E-state index in [1.807, 2.05) is 6.92 Å². The Hall–Kier alpha value is -1.42. The van der Waals surface area contributed by atoms with Crippen LogP contribution in [0, 0.1) is 5.82 Å². The molecular formula is C11H13FN2O. The van der Waals surface area contributed by atoms with Crippen molar-refractivity contribution in [3.8, 4) is 0 Å². The summed E-state index contributed by atoms with van der Waals surface area (Å²) in [4.78, 5) is 4.18. The topological polar surface area (TPSA) is 52.0 Å². The minimum Gasteiger partial charge on any atom is -0.441 e. The van der Waals surface area contributed by atoms with Crippen LogP contribution in [0.1, 0.15) is 19.2 Å². The number of nitrogens with two attached hydrogens (primary N) is 1. The Balaban J connectivity index is 2.23. The molecule has 3 nitrogen and oxygen atoms in total. The minimum absolute atomic E-state index is 0.122. The van der Waals surface area contributed by atoms with Crippen LogP contribution in [0.15, 0.2) is 22.6 Å². The highest BCUT2D eigenvalue weighted by Gasteiger charge is 2.07. The number of halogens is 1. The van der Waals surface area contributed by atoms with Crippen molar-refractivity contribution in [2.24, 2.45) is 5.73 Å². The summed E-state index contributed by atoms with van der Waals surface area (Å²) in [7, 11) is 0. The quantitative estimate of drug-likeness (QED) is 0.841. The van der Waals surface area contributed by atoms with Gasteiger partial charge in [-0.3, -0.25) is 0 Å². The Labute approximate surface area is 87.1 Å². The molecule has 0 spiro atoms. The van der Waals surface area contributed by atoms with Crippen LogP contribution in [0.3, 0.4) is 0 Å². The lowest BCUT2D eigenvalue weighted by atomic mass is 10.2. The Morgan fingerprint density at radius 2 is 2.33 bits per heavy atom. The van der Waals surface area contributed by atoms with Gasteiger partial charge in [-0.1, -0.05) is 0 Å². The lowest BCUT2D eigenvalue weighted by Crippen LogP contribution is -2.15. The van der Waals surface area contributed by atoms with Crippen LogP contribution in [-0.4, -0.2) is 11.0 Å². The van der Waals surface area contributed by atoms with Crippen molar-refractivity contribution in [1.29, 1.82) is 0 Å². The van der Waals surface area contributed by atoms with Gasteiger partial charge in [0.15, 0.2) is 11.5 Å². The molecule has 15 heavy (non-hydrogen) atoms. The second-order valence-electron chi connectivity index (χ2n) is 3.74. The highest BCUT2D eigenvalue weighted by Crippen LogP contribution is 2.17. The largest absolute Gasteiger partial charge is 0.441 e. The van der Waals surface area contributed by atoms with E-state index in [4.69, 9.17) is 10.2 Å². The second kappa shape index (κ2) is 3.98. The van der Waals surface area contributed by atoms with Crippen LogP contribution < -0.4 is 5.73 Å². The van der Waals surface area contributed by atoms with Gasteiger partial charge in [0.2, 0.25) is 0 Å². The lowest BCUT2D eigenvalue weighted by molar-refractivity contribution is 0.504. The summed E-state index contributed by atoms with van der Waals surface area (Å²) in [6.45, 7) is 1.93. The van der Waals surface area contributed by atoms with E-state index < -0.39 is 0 Å². The van der Waals surface area contributed by atoms with Gasteiger partial charge >= 0.3 is 0 Å². The number of rotatable bonds is 3. The fraction of sp³-hybridized carbons (Fsp3) is 0.364. The lowest BCUT2D eigenvalue weighted by Gasteiger charge is -1.99. The van der Waals surface area contributed by atoms with E-state index in [-0.39, 0.29) is 11.9 Å². The van der Waals surface area contributed by atoms with Gasteiger partial charge in [-0.25, -0.2) is 9.37 Å². The summed E-state index contributed by atoms with van der Waals surface area (Å²) in [5.74, 6) is 0.322. The zero-order valence-electron chi connectivity index (χ0n) is 8.53. The van der Waals surface area contributed by atoms with Gasteiger partial charge in [0.1, 0.15) is 11.3 Å². The zero-order valence-corrected chi connectivity index (χ0v) is 8.53. The molecule has 1 atom stereocenters. The average Bonchev–Trinajstić information content (AvgIpc) is 2.56. The normalized spacial score (nSPS) is 13.3. The van der Waals surface area contributed by atoms with Crippen LogP contribution >= 0.6 is 0 Å². The monoisotopic (exact) mass is 208 g/mol. The number of hydrogen-bond acceptors (Lipinski definition) is 3. The molecule has 0 fully saturated rings. The number of aryl methyl sites for hydroxylation is 1. The third-order valence-electron chi connectivity index (χ3n) is 2.21. The van der Waals surface area contributed by atoms with E-state index in [9.17, 15) is 4.39 Å². The van der Waals surface area contributed by atoms with Crippen molar-refractivity contribution in [2.45, 2.75) is 25.8 Å². The molecule has 0 aliphatic carbocycles. The molecular weight excluding hydrogens is 195 g/mol. The summed E-state index contributed by atoms with van der Waals surface area (Å²) in [6.07, 6.45) is 1.50. The van der Waals surface area contributed by atoms with Crippen LogP contribution in [0.2, 0.25) is 0 Å². The summed E-state index contributed by atoms with van der Waals surface area (Å²) in [5.41, 5.74) is 6.82. The van der Waals surface area contributed by atoms with Crippen molar-refractivity contribution in [1.82, 2.24) is 4.98 Å². The molecule has 0 saturated carbocycles. The molecule has 1 heterocycles. The van der Waals surface area contributed by atoms with Crippen molar-refractivity contribution >= 4 is 11.1 Å². The van der Waals surface area contributed by atoms with Crippen molar-refractivity contribution in [3.05, 3.63) is 29.9 Å². The molecule has 2 N–H and O–H groups in total. The Morgan fingerprint density at radius 1 is 1.53 bits per heavy atom. The highest BCUT2D eigenvalue weighted by molar-refractivity contribution is 5.72. The van der Waals surface area contributed by atoms with Gasteiger partial charge in [-0.2, -0.15) is 0 Å². The van der Waals surface area contributed by atoms with Crippen molar-refractivity contribution < 1.29 is 8.81 Å². The zero-order chi connectivity index (χ0) is 10.8. The highest BCUT2D eigenvalue weighted by atomic mass is 19.1. The molecule has 1 aromatic carbocycles. The molecule has 1 aromatic heterocycles. The maximum absolute atomic E-state index is 12.9. The first kappa shape index (κ1) is 10.1. The molecule has 0 amide bonds. The Kier molecular flexibility index (Phi) is 2.68. The number of nitrogens with zero attached hydrogens (tertiary/aromatic N) is 1. The van der Waals surface area contributed by atoms with E-state index in [0.717, 1.165) is 6.42 Å². The predicted molar refractivity (Wildman–Crippen MR) is 55.9 cm³/mol. The molecule has 4 heteroatoms. The van der Waals surface area contributed by atoms with Crippen molar-refractivity contribution in [3.63, 3.8) is 0 Å². The Morgan fingerprint density at radius 3 is 3.07 bits per heavy atom. The van der Waals surface area contributed by atoms with E-state index >= 15 is 0 Å².